The number of rotatable bonds is 3. The Morgan fingerprint density at radius 3 is 2.89 bits per heavy atom. The zero-order valence-corrected chi connectivity index (χ0v) is 15.4. The van der Waals surface area contributed by atoms with Gasteiger partial charge in [-0.05, 0) is 36.8 Å². The molecule has 1 amide bonds. The van der Waals surface area contributed by atoms with Crippen molar-refractivity contribution in [2.24, 2.45) is 0 Å². The molecule has 1 unspecified atom stereocenters. The molecule has 0 saturated carbocycles. The summed E-state index contributed by atoms with van der Waals surface area (Å²) >= 11 is 5.91. The van der Waals surface area contributed by atoms with Crippen LogP contribution in [0.4, 0.5) is 4.39 Å². The molecule has 1 atom stereocenters. The van der Waals surface area contributed by atoms with Gasteiger partial charge >= 0.3 is 0 Å². The van der Waals surface area contributed by atoms with Gasteiger partial charge in [0.1, 0.15) is 11.0 Å². The Balaban J connectivity index is 1.59. The highest BCUT2D eigenvalue weighted by Gasteiger charge is 2.29. The minimum Gasteiger partial charge on any atom is -0.332 e. The molecule has 0 saturated heterocycles. The third kappa shape index (κ3) is 3.55. The van der Waals surface area contributed by atoms with Crippen LogP contribution in [-0.4, -0.2) is 36.6 Å². The summed E-state index contributed by atoms with van der Waals surface area (Å²) < 4.78 is 15.1. The van der Waals surface area contributed by atoms with E-state index in [4.69, 9.17) is 11.6 Å². The van der Waals surface area contributed by atoms with E-state index in [2.05, 4.69) is 15.1 Å². The van der Waals surface area contributed by atoms with Gasteiger partial charge in [0.15, 0.2) is 0 Å². The number of fused-ring (bicyclic) bond motifs is 1. The number of hydrogen-bond donors (Lipinski definition) is 0. The summed E-state index contributed by atoms with van der Waals surface area (Å²) in [4.78, 5) is 22.8. The Morgan fingerprint density at radius 1 is 1.30 bits per heavy atom. The highest BCUT2D eigenvalue weighted by molar-refractivity contribution is 6.29. The first-order valence-electron chi connectivity index (χ1n) is 8.58. The van der Waals surface area contributed by atoms with Crippen LogP contribution in [0.2, 0.25) is 5.15 Å². The van der Waals surface area contributed by atoms with Crippen LogP contribution in [0.3, 0.4) is 0 Å². The van der Waals surface area contributed by atoms with Crippen LogP contribution in [0, 0.1) is 5.82 Å². The van der Waals surface area contributed by atoms with E-state index in [1.54, 1.807) is 30.6 Å². The second-order valence-electron chi connectivity index (χ2n) is 6.58. The molecule has 8 heteroatoms. The van der Waals surface area contributed by atoms with Crippen molar-refractivity contribution in [3.05, 3.63) is 65.1 Å². The van der Waals surface area contributed by atoms with E-state index in [0.29, 0.717) is 23.9 Å². The third-order valence-corrected chi connectivity index (χ3v) is 4.91. The Morgan fingerprint density at radius 2 is 2.15 bits per heavy atom. The minimum atomic E-state index is -0.388. The fourth-order valence-corrected chi connectivity index (χ4v) is 3.51. The fraction of sp³-hybridized carbons (Fsp3) is 0.263. The van der Waals surface area contributed by atoms with E-state index in [1.807, 2.05) is 16.5 Å². The van der Waals surface area contributed by atoms with Gasteiger partial charge in [0.25, 0.3) is 0 Å². The summed E-state index contributed by atoms with van der Waals surface area (Å²) in [5.41, 5.74) is 3.17. The molecular formula is C19H17ClFN5O. The predicted molar refractivity (Wildman–Crippen MR) is 98.4 cm³/mol. The van der Waals surface area contributed by atoms with Crippen LogP contribution in [0.25, 0.3) is 11.3 Å². The Labute approximate surface area is 160 Å². The number of carbonyl (C=O) groups excluding carboxylic acids is 1. The molecule has 0 spiro atoms. The molecule has 3 aromatic rings. The van der Waals surface area contributed by atoms with Gasteiger partial charge in [-0.1, -0.05) is 11.6 Å². The van der Waals surface area contributed by atoms with E-state index in [9.17, 15) is 9.18 Å². The number of aromatic nitrogens is 4. The van der Waals surface area contributed by atoms with Crippen molar-refractivity contribution in [2.75, 3.05) is 0 Å². The lowest BCUT2D eigenvalue weighted by atomic mass is 10.1. The zero-order valence-electron chi connectivity index (χ0n) is 14.6. The van der Waals surface area contributed by atoms with Gasteiger partial charge in [-0.3, -0.25) is 14.5 Å². The summed E-state index contributed by atoms with van der Waals surface area (Å²) in [6, 6.07) is 6.49. The highest BCUT2D eigenvalue weighted by atomic mass is 35.5. The SMILES string of the molecule is CC1Cn2ncc(-c3ccc(F)cn3)c2CN1C(=O)Cc1ccnc(Cl)c1. The lowest BCUT2D eigenvalue weighted by molar-refractivity contribution is -0.134. The molecule has 0 N–H and O–H groups in total. The average Bonchev–Trinajstić information content (AvgIpc) is 3.04. The maximum atomic E-state index is 13.2. The second kappa shape index (κ2) is 7.08. The van der Waals surface area contributed by atoms with Gasteiger partial charge in [-0.2, -0.15) is 5.10 Å². The van der Waals surface area contributed by atoms with Crippen molar-refractivity contribution in [1.29, 1.82) is 0 Å². The minimum absolute atomic E-state index is 0.00947. The van der Waals surface area contributed by atoms with Crippen LogP contribution in [0.15, 0.2) is 42.9 Å². The van der Waals surface area contributed by atoms with Crippen LogP contribution >= 0.6 is 11.6 Å². The second-order valence-corrected chi connectivity index (χ2v) is 6.97. The molecule has 138 valence electrons. The average molecular weight is 386 g/mol. The monoisotopic (exact) mass is 385 g/mol. The number of halogens is 2. The van der Waals surface area contributed by atoms with Gasteiger partial charge in [-0.15, -0.1) is 0 Å². The van der Waals surface area contributed by atoms with Crippen LogP contribution in [0.5, 0.6) is 0 Å². The molecule has 0 fully saturated rings. The van der Waals surface area contributed by atoms with Gasteiger partial charge < -0.3 is 4.90 Å². The number of nitrogens with zero attached hydrogens (tertiary/aromatic N) is 5. The molecule has 0 bridgehead atoms. The molecule has 0 radical (unpaired) electrons. The van der Waals surface area contributed by atoms with Crippen molar-refractivity contribution in [1.82, 2.24) is 24.6 Å². The third-order valence-electron chi connectivity index (χ3n) is 4.71. The molecule has 1 aliphatic heterocycles. The topological polar surface area (TPSA) is 63.9 Å². The van der Waals surface area contributed by atoms with E-state index < -0.39 is 0 Å². The van der Waals surface area contributed by atoms with Crippen LogP contribution in [-0.2, 0) is 24.3 Å². The van der Waals surface area contributed by atoms with Crippen molar-refractivity contribution >= 4 is 17.5 Å². The molecule has 3 aromatic heterocycles. The summed E-state index contributed by atoms with van der Waals surface area (Å²) in [7, 11) is 0. The molecule has 4 heterocycles. The lowest BCUT2D eigenvalue weighted by Gasteiger charge is -2.34. The molecular weight excluding hydrogens is 369 g/mol. The van der Waals surface area contributed by atoms with Crippen molar-refractivity contribution in [3.8, 4) is 11.3 Å². The summed E-state index contributed by atoms with van der Waals surface area (Å²) in [6.45, 7) is 3.02. The standard InChI is InChI=1S/C19H17ClFN5O/c1-12-10-26-17(15(9-24-26)16-3-2-14(21)8-23-16)11-25(12)19(27)7-13-4-5-22-18(20)6-13/h2-6,8-9,12H,7,10-11H2,1H3. The van der Waals surface area contributed by atoms with Crippen molar-refractivity contribution in [2.45, 2.75) is 32.5 Å². The first kappa shape index (κ1) is 17.6. The molecule has 6 nitrogen and oxygen atoms in total. The Bertz CT molecular complexity index is 988. The molecule has 0 aliphatic carbocycles. The van der Waals surface area contributed by atoms with Crippen LogP contribution in [0.1, 0.15) is 18.2 Å². The smallest absolute Gasteiger partial charge is 0.227 e. The first-order chi connectivity index (χ1) is 13.0. The maximum absolute atomic E-state index is 13.2. The molecule has 27 heavy (non-hydrogen) atoms. The molecule has 0 aromatic carbocycles. The molecule has 1 aliphatic rings. The van der Waals surface area contributed by atoms with Gasteiger partial charge in [0.2, 0.25) is 5.91 Å². The van der Waals surface area contributed by atoms with E-state index >= 15 is 0 Å². The number of amides is 1. The maximum Gasteiger partial charge on any atom is 0.227 e. The van der Waals surface area contributed by atoms with Crippen molar-refractivity contribution < 1.29 is 9.18 Å². The van der Waals surface area contributed by atoms with Gasteiger partial charge in [0.05, 0.1) is 43.3 Å². The number of hydrogen-bond acceptors (Lipinski definition) is 4. The largest absolute Gasteiger partial charge is 0.332 e. The summed E-state index contributed by atoms with van der Waals surface area (Å²) in [6.07, 6.45) is 4.75. The predicted octanol–water partition coefficient (Wildman–Crippen LogP) is 3.11. The number of carbonyl (C=O) groups is 1. The Kier molecular flexibility index (Phi) is 4.61. The Hall–Kier alpha value is -2.80. The summed E-state index contributed by atoms with van der Waals surface area (Å²) in [5, 5.41) is 4.78. The van der Waals surface area contributed by atoms with E-state index in [0.717, 1.165) is 16.8 Å². The van der Waals surface area contributed by atoms with Gasteiger partial charge in [0, 0.05) is 17.8 Å². The zero-order chi connectivity index (χ0) is 19.0. The first-order valence-corrected chi connectivity index (χ1v) is 8.95. The number of pyridine rings is 2. The fourth-order valence-electron chi connectivity index (χ4n) is 3.31. The van der Waals surface area contributed by atoms with E-state index in [1.165, 1.54) is 12.3 Å². The normalized spacial score (nSPS) is 16.3. The van der Waals surface area contributed by atoms with E-state index in [-0.39, 0.29) is 24.2 Å². The highest BCUT2D eigenvalue weighted by Crippen LogP contribution is 2.28. The molecule has 4 rings (SSSR count). The lowest BCUT2D eigenvalue weighted by Crippen LogP contribution is -2.45. The van der Waals surface area contributed by atoms with Gasteiger partial charge in [-0.25, -0.2) is 9.37 Å². The summed E-state index contributed by atoms with van der Waals surface area (Å²) in [5.74, 6) is -0.378. The quantitative estimate of drug-likeness (QED) is 0.650. The van der Waals surface area contributed by atoms with Crippen molar-refractivity contribution in [3.63, 3.8) is 0 Å². The van der Waals surface area contributed by atoms with Crippen LogP contribution < -0.4 is 0 Å².